The van der Waals surface area contributed by atoms with E-state index in [0.29, 0.717) is 23.2 Å². The molecule has 0 spiro atoms. The zero-order valence-corrected chi connectivity index (χ0v) is 11.5. The lowest BCUT2D eigenvalue weighted by atomic mass is 10.3. The van der Waals surface area contributed by atoms with Crippen molar-refractivity contribution in [3.05, 3.63) is 32.8 Å². The van der Waals surface area contributed by atoms with Crippen molar-refractivity contribution >= 4 is 32.8 Å². The molecule has 18 heavy (non-hydrogen) atoms. The number of carbonyl (C=O) groups is 1. The molecular weight excluding hydrogens is 300 g/mol. The Balaban J connectivity index is 2.30. The molecule has 2 heterocycles. The number of unbranched alkanes of at least 4 members (excludes halogenated alkanes) is 1. The van der Waals surface area contributed by atoms with Crippen LogP contribution in [0.5, 0.6) is 0 Å². The Kier molecular flexibility index (Phi) is 3.86. The summed E-state index contributed by atoms with van der Waals surface area (Å²) >= 11 is 3.32. The molecule has 2 rings (SSSR count). The van der Waals surface area contributed by atoms with Gasteiger partial charge in [-0.3, -0.25) is 4.79 Å². The van der Waals surface area contributed by atoms with Crippen molar-refractivity contribution in [3.63, 3.8) is 0 Å². The van der Waals surface area contributed by atoms with Crippen molar-refractivity contribution in [1.82, 2.24) is 9.97 Å². The van der Waals surface area contributed by atoms with Crippen molar-refractivity contribution in [2.45, 2.75) is 19.8 Å². The lowest BCUT2D eigenvalue weighted by molar-refractivity contribution is 0.0494. The predicted molar refractivity (Wildman–Crippen MR) is 71.8 cm³/mol. The average Bonchev–Trinajstić information content (AvgIpc) is 2.80. The van der Waals surface area contributed by atoms with Crippen molar-refractivity contribution < 1.29 is 9.53 Å². The van der Waals surface area contributed by atoms with E-state index in [2.05, 4.69) is 25.9 Å². The topological polar surface area (TPSA) is 75.0 Å². The van der Waals surface area contributed by atoms with Crippen LogP contribution >= 0.6 is 15.9 Å². The summed E-state index contributed by atoms with van der Waals surface area (Å²) in [5.41, 5.74) is 0.395. The van der Waals surface area contributed by atoms with Crippen LogP contribution in [0.1, 0.15) is 30.3 Å². The van der Waals surface area contributed by atoms with Crippen molar-refractivity contribution in [1.29, 1.82) is 0 Å². The molecule has 0 aliphatic heterocycles. The van der Waals surface area contributed by atoms with Crippen molar-refractivity contribution in [3.8, 4) is 0 Å². The van der Waals surface area contributed by atoms with Gasteiger partial charge >= 0.3 is 5.97 Å². The average molecular weight is 313 g/mol. The van der Waals surface area contributed by atoms with E-state index in [4.69, 9.17) is 4.74 Å². The minimum atomic E-state index is -0.439. The fourth-order valence-electron chi connectivity index (χ4n) is 1.60. The van der Waals surface area contributed by atoms with E-state index in [0.717, 1.165) is 17.3 Å². The second kappa shape index (κ2) is 5.39. The number of nitrogens with one attached hydrogen (secondary N) is 2. The molecule has 0 aliphatic carbocycles. The molecule has 2 aromatic rings. The highest BCUT2D eigenvalue weighted by molar-refractivity contribution is 9.10. The summed E-state index contributed by atoms with van der Waals surface area (Å²) < 4.78 is 5.80. The first kappa shape index (κ1) is 12.9. The Bertz CT molecular complexity index is 630. The molecule has 0 aromatic carbocycles. The maximum absolute atomic E-state index is 11.7. The van der Waals surface area contributed by atoms with Crippen LogP contribution in [0.25, 0.3) is 10.9 Å². The number of aromatic amines is 2. The molecule has 2 aromatic heterocycles. The largest absolute Gasteiger partial charge is 0.461 e. The second-order valence-electron chi connectivity index (χ2n) is 3.93. The van der Waals surface area contributed by atoms with Crippen molar-refractivity contribution in [2.75, 3.05) is 6.61 Å². The standard InChI is InChI=1S/C12H13BrN2O3/c1-2-3-4-18-12(17)9-5-7-8(13)6-14-11(16)10(7)15-9/h5-6,15H,2-4H2,1H3,(H,14,16). The van der Waals surface area contributed by atoms with Crippen LogP contribution in [0.2, 0.25) is 0 Å². The van der Waals surface area contributed by atoms with E-state index < -0.39 is 5.97 Å². The van der Waals surface area contributed by atoms with E-state index in [-0.39, 0.29) is 5.56 Å². The van der Waals surface area contributed by atoms with Crippen LogP contribution in [0.4, 0.5) is 0 Å². The van der Waals surface area contributed by atoms with E-state index in [1.807, 2.05) is 6.92 Å². The summed E-state index contributed by atoms with van der Waals surface area (Å²) in [6.45, 7) is 2.41. The normalized spacial score (nSPS) is 10.8. The van der Waals surface area contributed by atoms with Gasteiger partial charge in [0.05, 0.1) is 6.61 Å². The van der Waals surface area contributed by atoms with Crippen LogP contribution in [-0.2, 0) is 4.74 Å². The van der Waals surface area contributed by atoms with Gasteiger partial charge < -0.3 is 14.7 Å². The van der Waals surface area contributed by atoms with E-state index in [1.54, 1.807) is 12.3 Å². The minimum Gasteiger partial charge on any atom is -0.461 e. The first-order valence-corrected chi connectivity index (χ1v) is 6.49. The van der Waals surface area contributed by atoms with Gasteiger partial charge in [-0.05, 0) is 28.4 Å². The van der Waals surface area contributed by atoms with Gasteiger partial charge in [-0.2, -0.15) is 0 Å². The first-order chi connectivity index (χ1) is 8.63. The van der Waals surface area contributed by atoms with Gasteiger partial charge in [0.15, 0.2) is 0 Å². The SMILES string of the molecule is CCCCOC(=O)c1cc2c(Br)c[nH]c(=O)c2[nH]1. The van der Waals surface area contributed by atoms with Gasteiger partial charge in [0.25, 0.3) is 5.56 Å². The Morgan fingerprint density at radius 1 is 1.50 bits per heavy atom. The van der Waals surface area contributed by atoms with E-state index in [9.17, 15) is 9.59 Å². The third-order valence-corrected chi connectivity index (χ3v) is 3.24. The molecule has 6 heteroatoms. The number of pyridine rings is 1. The number of H-pyrrole nitrogens is 2. The predicted octanol–water partition coefficient (Wildman–Crippen LogP) is 2.58. The number of halogens is 1. The third-order valence-electron chi connectivity index (χ3n) is 2.58. The first-order valence-electron chi connectivity index (χ1n) is 5.70. The summed E-state index contributed by atoms with van der Waals surface area (Å²) in [5, 5.41) is 0.668. The van der Waals surface area contributed by atoms with Crippen LogP contribution in [0.15, 0.2) is 21.5 Å². The molecule has 0 unspecified atom stereocenters. The van der Waals surface area contributed by atoms with Crippen LogP contribution < -0.4 is 5.56 Å². The molecule has 0 saturated heterocycles. The van der Waals surface area contributed by atoms with Crippen LogP contribution in [0.3, 0.4) is 0 Å². The Labute approximate surface area is 112 Å². The number of aromatic nitrogens is 2. The minimum absolute atomic E-state index is 0.263. The number of hydrogen-bond acceptors (Lipinski definition) is 3. The van der Waals surface area contributed by atoms with Gasteiger partial charge in [0.1, 0.15) is 11.2 Å². The van der Waals surface area contributed by atoms with Gasteiger partial charge in [-0.15, -0.1) is 0 Å². The van der Waals surface area contributed by atoms with Gasteiger partial charge in [0, 0.05) is 16.1 Å². The summed E-state index contributed by atoms with van der Waals surface area (Å²) in [5.74, 6) is -0.439. The maximum Gasteiger partial charge on any atom is 0.354 e. The Morgan fingerprint density at radius 2 is 2.28 bits per heavy atom. The third kappa shape index (κ3) is 2.48. The fraction of sp³-hybridized carbons (Fsp3) is 0.333. The molecule has 0 atom stereocenters. The molecule has 0 radical (unpaired) electrons. The Morgan fingerprint density at radius 3 is 2.94 bits per heavy atom. The molecule has 0 bridgehead atoms. The molecule has 2 N–H and O–H groups in total. The van der Waals surface area contributed by atoms with Gasteiger partial charge in [-0.25, -0.2) is 4.79 Å². The Hall–Kier alpha value is -1.56. The second-order valence-corrected chi connectivity index (χ2v) is 4.78. The molecular formula is C12H13BrN2O3. The highest BCUT2D eigenvalue weighted by atomic mass is 79.9. The summed E-state index contributed by atoms with van der Waals surface area (Å²) in [6, 6.07) is 1.61. The van der Waals surface area contributed by atoms with E-state index >= 15 is 0 Å². The van der Waals surface area contributed by atoms with Gasteiger partial charge in [-0.1, -0.05) is 13.3 Å². The number of esters is 1. The molecule has 0 amide bonds. The van der Waals surface area contributed by atoms with Gasteiger partial charge in [0.2, 0.25) is 0 Å². The summed E-state index contributed by atoms with van der Waals surface area (Å²) in [6.07, 6.45) is 3.34. The summed E-state index contributed by atoms with van der Waals surface area (Å²) in [7, 11) is 0. The zero-order valence-electron chi connectivity index (χ0n) is 9.88. The molecule has 0 fully saturated rings. The molecule has 5 nitrogen and oxygen atoms in total. The lowest BCUT2D eigenvalue weighted by Crippen LogP contribution is -2.08. The van der Waals surface area contributed by atoms with Crippen molar-refractivity contribution in [2.24, 2.45) is 0 Å². The number of carbonyl (C=O) groups excluding carboxylic acids is 1. The van der Waals surface area contributed by atoms with Crippen LogP contribution in [0, 0.1) is 0 Å². The fourth-order valence-corrected chi connectivity index (χ4v) is 2.02. The number of hydrogen-bond donors (Lipinski definition) is 2. The maximum atomic E-state index is 11.7. The zero-order chi connectivity index (χ0) is 13.1. The quantitative estimate of drug-likeness (QED) is 0.673. The van der Waals surface area contributed by atoms with Crippen LogP contribution in [-0.4, -0.2) is 22.5 Å². The van der Waals surface area contributed by atoms with E-state index in [1.165, 1.54) is 0 Å². The lowest BCUT2D eigenvalue weighted by Gasteiger charge is -2.00. The highest BCUT2D eigenvalue weighted by Gasteiger charge is 2.13. The number of rotatable bonds is 4. The molecule has 0 aliphatic rings. The summed E-state index contributed by atoms with van der Waals surface area (Å²) in [4.78, 5) is 28.6. The highest BCUT2D eigenvalue weighted by Crippen LogP contribution is 2.21. The molecule has 96 valence electrons. The monoisotopic (exact) mass is 312 g/mol. The molecule has 0 saturated carbocycles. The smallest absolute Gasteiger partial charge is 0.354 e. The number of fused-ring (bicyclic) bond motifs is 1. The number of ether oxygens (including phenoxy) is 1.